The molecule has 0 radical (unpaired) electrons. The third kappa shape index (κ3) is 44.0. The zero-order valence-electron chi connectivity index (χ0n) is 27.6. The molecule has 0 spiro atoms. The Labute approximate surface area is 274 Å². The summed E-state index contributed by atoms with van der Waals surface area (Å²) >= 11 is 0. The van der Waals surface area contributed by atoms with Gasteiger partial charge in [-0.25, -0.2) is 0 Å². The third-order valence-electron chi connectivity index (χ3n) is 7.84. The second-order valence-electron chi connectivity index (χ2n) is 11.9. The molecule has 1 aliphatic carbocycles. The van der Waals surface area contributed by atoms with Crippen LogP contribution < -0.4 is 21.7 Å². The van der Waals surface area contributed by atoms with E-state index in [4.69, 9.17) is 11.5 Å². The summed E-state index contributed by atoms with van der Waals surface area (Å²) in [5.74, 6) is -1.81. The molecule has 0 aromatic carbocycles. The summed E-state index contributed by atoms with van der Waals surface area (Å²) in [6.07, 6.45) is 32.9. The molecule has 0 heterocycles. The van der Waals surface area contributed by atoms with Gasteiger partial charge in [0.05, 0.1) is 0 Å². The van der Waals surface area contributed by atoms with Gasteiger partial charge < -0.3 is 36.7 Å². The molecule has 1 rings (SSSR count). The molecule has 0 amide bonds. The van der Waals surface area contributed by atoms with E-state index in [1.54, 1.807) is 0 Å². The number of rotatable bonds is 24. The van der Waals surface area contributed by atoms with Crippen LogP contribution in [0.15, 0.2) is 0 Å². The van der Waals surface area contributed by atoms with Crippen LogP contribution in [0, 0.1) is 0 Å². The van der Waals surface area contributed by atoms with Gasteiger partial charge in [-0.1, -0.05) is 155 Å². The predicted molar refractivity (Wildman–Crippen MR) is 170 cm³/mol. The summed E-state index contributed by atoms with van der Waals surface area (Å²) in [5, 5.41) is 20.3. The van der Waals surface area contributed by atoms with Crippen LogP contribution in [0.2, 0.25) is 0 Å². The van der Waals surface area contributed by atoms with Crippen LogP contribution in [0.4, 0.5) is 0 Å². The van der Waals surface area contributed by atoms with Gasteiger partial charge in [0.25, 0.3) is 0 Å². The van der Waals surface area contributed by atoms with Crippen molar-refractivity contribution in [1.82, 2.24) is 0 Å². The Hall–Kier alpha value is -0.492. The summed E-state index contributed by atoms with van der Waals surface area (Å²) in [4.78, 5) is 20.3. The fraction of sp³-hybridized carbons (Fsp3) is 0.941. The Kier molecular flexibility index (Phi) is 46.7. The molecule has 6 N–H and O–H groups in total. The number of nitrogens with two attached hydrogens (primary N) is 2. The standard InChI is InChI=1S/2C14H28O2.C6H14N2.H2O.Pt/c2*1-2-3-4-5-6-7-8-9-10-11-12-13-14(15)16;7-5-3-1-2-4-6(5)8;;/h2*2-13H2,1H3,(H,15,16);5-6H,1-4,7-8H2;1H2;/q;;;;+2/p-2/t;;5-,6-;;/m..0../s1. The minimum atomic E-state index is -0.907. The van der Waals surface area contributed by atoms with Gasteiger partial charge >= 0.3 is 21.1 Å². The Morgan fingerprint density at radius 2 is 0.714 bits per heavy atom. The summed E-state index contributed by atoms with van der Waals surface area (Å²) in [7, 11) is 0. The average Bonchev–Trinajstić information content (AvgIpc) is 2.92. The van der Waals surface area contributed by atoms with E-state index in [1.807, 2.05) is 0 Å². The van der Waals surface area contributed by atoms with Crippen LogP contribution in [-0.4, -0.2) is 29.5 Å². The van der Waals surface area contributed by atoms with Crippen LogP contribution in [0.3, 0.4) is 0 Å². The number of carbonyl (C=O) groups excluding carboxylic acids is 2. The molecule has 0 unspecified atom stereocenters. The van der Waals surface area contributed by atoms with E-state index >= 15 is 0 Å². The number of aliphatic carboxylic acids is 2. The largest absolute Gasteiger partial charge is 2.00 e. The first-order valence-electron chi connectivity index (χ1n) is 17.3. The molecule has 42 heavy (non-hydrogen) atoms. The summed E-state index contributed by atoms with van der Waals surface area (Å²) in [6, 6.07) is 0.562. The average molecular weight is 782 g/mol. The number of carbonyl (C=O) groups is 2. The maximum atomic E-state index is 10.1. The van der Waals surface area contributed by atoms with Crippen molar-refractivity contribution in [3.8, 4) is 0 Å². The molecular formula is C34H70N2O5Pt. The van der Waals surface area contributed by atoms with Crippen molar-refractivity contribution in [2.24, 2.45) is 11.5 Å². The normalized spacial score (nSPS) is 15.6. The fourth-order valence-electron chi connectivity index (χ4n) is 5.06. The van der Waals surface area contributed by atoms with Crippen LogP contribution in [0.5, 0.6) is 0 Å². The first-order chi connectivity index (χ1) is 19.3. The molecule has 0 bridgehead atoms. The SMILES string of the molecule is CCCCCCCCCCCCCC(=O)[O-].CCCCCCCCCCCCCC(=O)[O-].N[C@H]1CCCC[C@@H]1N.O.[Pt+2]. The third-order valence-corrected chi connectivity index (χ3v) is 7.84. The molecule has 1 aliphatic rings. The van der Waals surface area contributed by atoms with Gasteiger partial charge in [0, 0.05) is 24.0 Å². The van der Waals surface area contributed by atoms with E-state index in [9.17, 15) is 19.8 Å². The fourth-order valence-corrected chi connectivity index (χ4v) is 5.06. The summed E-state index contributed by atoms with van der Waals surface area (Å²) in [6.45, 7) is 4.49. The first kappa shape index (κ1) is 48.4. The molecule has 7 nitrogen and oxygen atoms in total. The van der Waals surface area contributed by atoms with Gasteiger partial charge in [0.2, 0.25) is 0 Å². The first-order valence-corrected chi connectivity index (χ1v) is 17.3. The van der Waals surface area contributed by atoms with Crippen LogP contribution in [0.25, 0.3) is 0 Å². The summed E-state index contributed by atoms with van der Waals surface area (Å²) in [5.41, 5.74) is 11.3. The topological polar surface area (TPSA) is 164 Å². The number of carboxylic acids is 2. The van der Waals surface area contributed by atoms with Crippen molar-refractivity contribution in [3.63, 3.8) is 0 Å². The van der Waals surface area contributed by atoms with E-state index in [-0.39, 0.29) is 51.5 Å². The predicted octanol–water partition coefficient (Wildman–Crippen LogP) is 6.26. The molecule has 0 saturated heterocycles. The zero-order valence-corrected chi connectivity index (χ0v) is 29.8. The molecule has 0 aromatic heterocycles. The second kappa shape index (κ2) is 40.5. The van der Waals surface area contributed by atoms with Crippen LogP contribution in [-0.2, 0) is 30.7 Å². The number of hydrogen-bond donors (Lipinski definition) is 2. The van der Waals surface area contributed by atoms with Crippen molar-refractivity contribution in [1.29, 1.82) is 0 Å². The number of hydrogen-bond acceptors (Lipinski definition) is 6. The van der Waals surface area contributed by atoms with Crippen molar-refractivity contribution in [3.05, 3.63) is 0 Å². The minimum Gasteiger partial charge on any atom is -0.550 e. The van der Waals surface area contributed by atoms with Crippen molar-refractivity contribution < 1.29 is 46.3 Å². The van der Waals surface area contributed by atoms with Crippen molar-refractivity contribution in [2.75, 3.05) is 0 Å². The Balaban J connectivity index is -0.000000264. The molecule has 0 aliphatic heterocycles. The van der Waals surface area contributed by atoms with Gasteiger partial charge in [-0.15, -0.1) is 0 Å². The molecule has 256 valence electrons. The molecule has 8 heteroatoms. The van der Waals surface area contributed by atoms with E-state index in [0.29, 0.717) is 0 Å². The van der Waals surface area contributed by atoms with Gasteiger partial charge in [0.1, 0.15) is 0 Å². The van der Waals surface area contributed by atoms with E-state index < -0.39 is 11.9 Å². The zero-order chi connectivity index (χ0) is 30.1. The summed E-state index contributed by atoms with van der Waals surface area (Å²) < 4.78 is 0. The maximum Gasteiger partial charge on any atom is 2.00 e. The van der Waals surface area contributed by atoms with E-state index in [2.05, 4.69) is 13.8 Å². The second-order valence-corrected chi connectivity index (χ2v) is 11.9. The van der Waals surface area contributed by atoms with Gasteiger partial charge in [-0.05, 0) is 38.5 Å². The molecule has 2 atom stereocenters. The monoisotopic (exact) mass is 781 g/mol. The van der Waals surface area contributed by atoms with Crippen LogP contribution >= 0.6 is 0 Å². The Bertz CT molecular complexity index is 494. The van der Waals surface area contributed by atoms with E-state index in [1.165, 1.54) is 128 Å². The molecule has 1 saturated carbocycles. The maximum absolute atomic E-state index is 10.1. The Morgan fingerprint density at radius 1 is 0.500 bits per heavy atom. The van der Waals surface area contributed by atoms with Gasteiger partial charge in [-0.3, -0.25) is 0 Å². The van der Waals surface area contributed by atoms with Crippen LogP contribution in [0.1, 0.15) is 194 Å². The number of carboxylic acid groups (broad SMARTS) is 2. The smallest absolute Gasteiger partial charge is 0.550 e. The molecular weight excluding hydrogens is 711 g/mol. The van der Waals surface area contributed by atoms with E-state index in [0.717, 1.165) is 38.5 Å². The van der Waals surface area contributed by atoms with Gasteiger partial charge in [0.15, 0.2) is 0 Å². The Morgan fingerprint density at radius 3 is 0.905 bits per heavy atom. The van der Waals surface area contributed by atoms with Gasteiger partial charge in [-0.2, -0.15) is 0 Å². The molecule has 0 aromatic rings. The minimum absolute atomic E-state index is 0. The van der Waals surface area contributed by atoms with Crippen molar-refractivity contribution in [2.45, 2.75) is 206 Å². The number of unbranched alkanes of at least 4 members (excludes halogenated alkanes) is 20. The quantitative estimate of drug-likeness (QED) is 0.110. The molecule has 1 fully saturated rings. The van der Waals surface area contributed by atoms with Crippen molar-refractivity contribution >= 4 is 11.9 Å².